The molecule has 0 radical (unpaired) electrons. The first-order valence-electron chi connectivity index (χ1n) is 6.66. The first-order chi connectivity index (χ1) is 8.75. The first-order valence-corrected chi connectivity index (χ1v) is 7.54. The standard InChI is InChI=1S/C14H19N3S/c1-10-3-5-11(6-4-10)17(2)14-13-12(7-8-18-13)15-9-16-14/h7-11H,3-6H2,1-2H3. The van der Waals surface area contributed by atoms with E-state index in [1.165, 1.54) is 30.4 Å². The van der Waals surface area contributed by atoms with Gasteiger partial charge in [0.15, 0.2) is 0 Å². The summed E-state index contributed by atoms with van der Waals surface area (Å²) in [5.74, 6) is 2.00. The minimum atomic E-state index is 0.640. The van der Waals surface area contributed by atoms with Crippen LogP contribution in [0.15, 0.2) is 17.8 Å². The number of thiophene rings is 1. The summed E-state index contributed by atoms with van der Waals surface area (Å²) in [4.78, 5) is 11.2. The first kappa shape index (κ1) is 11.9. The van der Waals surface area contributed by atoms with Crippen LogP contribution in [0, 0.1) is 5.92 Å². The molecule has 2 aromatic heterocycles. The molecule has 0 atom stereocenters. The summed E-state index contributed by atoms with van der Waals surface area (Å²) >= 11 is 1.74. The van der Waals surface area contributed by atoms with Gasteiger partial charge in [-0.2, -0.15) is 0 Å². The lowest BCUT2D eigenvalue weighted by Gasteiger charge is -2.34. The monoisotopic (exact) mass is 261 g/mol. The second kappa shape index (κ2) is 4.84. The Hall–Kier alpha value is -1.16. The maximum Gasteiger partial charge on any atom is 0.150 e. The molecule has 2 aromatic rings. The predicted octanol–water partition coefficient (Wildman–Crippen LogP) is 3.71. The molecule has 0 spiro atoms. The van der Waals surface area contributed by atoms with Gasteiger partial charge in [0, 0.05) is 13.1 Å². The molecule has 4 heteroatoms. The Labute approximate surface area is 112 Å². The normalized spacial score (nSPS) is 24.3. The Morgan fingerprint density at radius 1 is 1.22 bits per heavy atom. The van der Waals surface area contributed by atoms with Crippen molar-refractivity contribution in [2.24, 2.45) is 5.92 Å². The lowest BCUT2D eigenvalue weighted by atomic mass is 9.87. The molecule has 18 heavy (non-hydrogen) atoms. The molecule has 96 valence electrons. The van der Waals surface area contributed by atoms with Crippen LogP contribution >= 0.6 is 11.3 Å². The smallest absolute Gasteiger partial charge is 0.150 e. The maximum atomic E-state index is 4.50. The lowest BCUT2D eigenvalue weighted by Crippen LogP contribution is -2.35. The van der Waals surface area contributed by atoms with E-state index in [0.29, 0.717) is 6.04 Å². The number of hydrogen-bond donors (Lipinski definition) is 0. The van der Waals surface area contributed by atoms with Gasteiger partial charge in [-0.05, 0) is 43.0 Å². The molecule has 0 saturated heterocycles. The number of aromatic nitrogens is 2. The van der Waals surface area contributed by atoms with Gasteiger partial charge in [-0.1, -0.05) is 6.92 Å². The van der Waals surface area contributed by atoms with Gasteiger partial charge in [-0.3, -0.25) is 0 Å². The fourth-order valence-corrected chi connectivity index (χ4v) is 3.71. The van der Waals surface area contributed by atoms with Crippen molar-refractivity contribution in [3.05, 3.63) is 17.8 Å². The zero-order valence-corrected chi connectivity index (χ0v) is 11.8. The lowest BCUT2D eigenvalue weighted by molar-refractivity contribution is 0.340. The van der Waals surface area contributed by atoms with E-state index >= 15 is 0 Å². The molecule has 3 rings (SSSR count). The van der Waals surface area contributed by atoms with Crippen molar-refractivity contribution in [3.8, 4) is 0 Å². The van der Waals surface area contributed by atoms with E-state index in [1.54, 1.807) is 17.7 Å². The van der Waals surface area contributed by atoms with Crippen molar-refractivity contribution in [1.82, 2.24) is 9.97 Å². The van der Waals surface area contributed by atoms with Crippen LogP contribution in [0.3, 0.4) is 0 Å². The Bertz CT molecular complexity index is 529. The molecular formula is C14H19N3S. The van der Waals surface area contributed by atoms with Gasteiger partial charge in [0.25, 0.3) is 0 Å². The molecule has 0 unspecified atom stereocenters. The molecule has 0 N–H and O–H groups in total. The SMILES string of the molecule is CC1CCC(N(C)c2ncnc3ccsc23)CC1. The average molecular weight is 261 g/mol. The van der Waals surface area contributed by atoms with E-state index in [4.69, 9.17) is 0 Å². The third-order valence-electron chi connectivity index (χ3n) is 4.09. The van der Waals surface area contributed by atoms with Gasteiger partial charge in [0.2, 0.25) is 0 Å². The molecule has 3 nitrogen and oxygen atoms in total. The quantitative estimate of drug-likeness (QED) is 0.825. The van der Waals surface area contributed by atoms with Crippen molar-refractivity contribution in [2.75, 3.05) is 11.9 Å². The van der Waals surface area contributed by atoms with Gasteiger partial charge in [-0.25, -0.2) is 9.97 Å². The summed E-state index contributed by atoms with van der Waals surface area (Å²) < 4.78 is 1.22. The Kier molecular flexibility index (Phi) is 3.20. The zero-order valence-electron chi connectivity index (χ0n) is 11.0. The summed E-state index contributed by atoms with van der Waals surface area (Å²) in [5.41, 5.74) is 1.07. The summed E-state index contributed by atoms with van der Waals surface area (Å²) in [6, 6.07) is 2.71. The van der Waals surface area contributed by atoms with E-state index in [2.05, 4.69) is 40.3 Å². The topological polar surface area (TPSA) is 29.0 Å². The fourth-order valence-electron chi connectivity index (χ4n) is 2.83. The highest BCUT2D eigenvalue weighted by Gasteiger charge is 2.23. The molecule has 0 aliphatic heterocycles. The highest BCUT2D eigenvalue weighted by Crippen LogP contribution is 2.33. The largest absolute Gasteiger partial charge is 0.355 e. The number of fused-ring (bicyclic) bond motifs is 1. The van der Waals surface area contributed by atoms with E-state index in [-0.39, 0.29) is 0 Å². The fraction of sp³-hybridized carbons (Fsp3) is 0.571. The van der Waals surface area contributed by atoms with Crippen LogP contribution in [0.25, 0.3) is 10.2 Å². The Morgan fingerprint density at radius 3 is 2.78 bits per heavy atom. The molecule has 1 saturated carbocycles. The highest BCUT2D eigenvalue weighted by molar-refractivity contribution is 7.17. The minimum absolute atomic E-state index is 0.640. The molecule has 0 aromatic carbocycles. The summed E-state index contributed by atoms with van der Waals surface area (Å²) in [6.07, 6.45) is 6.94. The predicted molar refractivity (Wildman–Crippen MR) is 77.2 cm³/mol. The number of rotatable bonds is 2. The van der Waals surface area contributed by atoms with Crippen molar-refractivity contribution in [2.45, 2.75) is 38.6 Å². The minimum Gasteiger partial charge on any atom is -0.355 e. The van der Waals surface area contributed by atoms with Crippen LogP contribution in [0.1, 0.15) is 32.6 Å². The van der Waals surface area contributed by atoms with Crippen molar-refractivity contribution < 1.29 is 0 Å². The summed E-state index contributed by atoms with van der Waals surface area (Å²) in [6.45, 7) is 2.36. The van der Waals surface area contributed by atoms with Crippen LogP contribution in [0.5, 0.6) is 0 Å². The van der Waals surface area contributed by atoms with Gasteiger partial charge in [0.1, 0.15) is 12.1 Å². The Balaban J connectivity index is 1.87. The average Bonchev–Trinajstić information content (AvgIpc) is 2.87. The number of nitrogens with zero attached hydrogens (tertiary/aromatic N) is 3. The van der Waals surface area contributed by atoms with Crippen LogP contribution in [0.4, 0.5) is 5.82 Å². The molecular weight excluding hydrogens is 242 g/mol. The van der Waals surface area contributed by atoms with Crippen LogP contribution in [0.2, 0.25) is 0 Å². The zero-order chi connectivity index (χ0) is 12.5. The Morgan fingerprint density at radius 2 is 2.00 bits per heavy atom. The number of hydrogen-bond acceptors (Lipinski definition) is 4. The number of anilines is 1. The van der Waals surface area contributed by atoms with E-state index in [9.17, 15) is 0 Å². The molecule has 1 aliphatic rings. The molecule has 1 aliphatic carbocycles. The van der Waals surface area contributed by atoms with E-state index in [0.717, 1.165) is 17.3 Å². The van der Waals surface area contributed by atoms with Gasteiger partial charge in [0.05, 0.1) is 10.2 Å². The highest BCUT2D eigenvalue weighted by atomic mass is 32.1. The third kappa shape index (κ3) is 2.09. The summed E-state index contributed by atoms with van der Waals surface area (Å²) in [7, 11) is 2.18. The van der Waals surface area contributed by atoms with Crippen molar-refractivity contribution in [1.29, 1.82) is 0 Å². The van der Waals surface area contributed by atoms with Gasteiger partial charge in [-0.15, -0.1) is 11.3 Å². The molecule has 0 amide bonds. The second-order valence-electron chi connectivity index (χ2n) is 5.36. The second-order valence-corrected chi connectivity index (χ2v) is 6.27. The third-order valence-corrected chi connectivity index (χ3v) is 4.99. The van der Waals surface area contributed by atoms with E-state index in [1.807, 2.05) is 0 Å². The van der Waals surface area contributed by atoms with Gasteiger partial charge >= 0.3 is 0 Å². The van der Waals surface area contributed by atoms with Crippen molar-refractivity contribution in [3.63, 3.8) is 0 Å². The molecule has 0 bridgehead atoms. The molecule has 2 heterocycles. The van der Waals surface area contributed by atoms with Gasteiger partial charge < -0.3 is 4.90 Å². The van der Waals surface area contributed by atoms with Crippen LogP contribution in [-0.4, -0.2) is 23.1 Å². The summed E-state index contributed by atoms with van der Waals surface area (Å²) in [5, 5.41) is 2.10. The maximum absolute atomic E-state index is 4.50. The molecule has 1 fully saturated rings. The van der Waals surface area contributed by atoms with Crippen LogP contribution in [-0.2, 0) is 0 Å². The van der Waals surface area contributed by atoms with E-state index < -0.39 is 0 Å². The van der Waals surface area contributed by atoms with Crippen molar-refractivity contribution >= 4 is 27.4 Å². The van der Waals surface area contributed by atoms with Crippen LogP contribution < -0.4 is 4.90 Å².